The van der Waals surface area contributed by atoms with Gasteiger partial charge in [-0.3, -0.25) is 0 Å². The zero-order valence-corrected chi connectivity index (χ0v) is 14.4. The number of nitrogen functional groups attached to an aromatic ring is 1. The molecule has 2 fully saturated rings. The molecule has 2 aromatic rings. The van der Waals surface area contributed by atoms with E-state index < -0.39 is 0 Å². The highest BCUT2D eigenvalue weighted by Crippen LogP contribution is 2.43. The van der Waals surface area contributed by atoms with E-state index in [0.717, 1.165) is 31.5 Å². The summed E-state index contributed by atoms with van der Waals surface area (Å²) in [4.78, 5) is 15.3. The lowest BCUT2D eigenvalue weighted by Crippen LogP contribution is -2.35. The normalized spacial score (nSPS) is 29.0. The first-order valence-corrected chi connectivity index (χ1v) is 8.58. The molecular formula is C17H21ClN6. The third-order valence-corrected chi connectivity index (χ3v) is 5.47. The van der Waals surface area contributed by atoms with Crippen LogP contribution in [0.2, 0.25) is 5.15 Å². The Hall–Kier alpha value is -1.92. The quantitative estimate of drug-likeness (QED) is 0.812. The van der Waals surface area contributed by atoms with E-state index in [0.29, 0.717) is 34.3 Å². The minimum atomic E-state index is -0.0256. The van der Waals surface area contributed by atoms with Crippen molar-refractivity contribution in [3.63, 3.8) is 0 Å². The van der Waals surface area contributed by atoms with Gasteiger partial charge in [-0.25, -0.2) is 9.97 Å². The lowest BCUT2D eigenvalue weighted by Gasteiger charge is -2.23. The Morgan fingerprint density at radius 1 is 1.21 bits per heavy atom. The van der Waals surface area contributed by atoms with Gasteiger partial charge in [0.2, 0.25) is 5.95 Å². The predicted molar refractivity (Wildman–Crippen MR) is 95.7 cm³/mol. The number of aromatic nitrogens is 3. The van der Waals surface area contributed by atoms with Gasteiger partial charge in [0.25, 0.3) is 0 Å². The van der Waals surface area contributed by atoms with Gasteiger partial charge in [-0.15, -0.1) is 0 Å². The molecular weight excluding hydrogens is 324 g/mol. The van der Waals surface area contributed by atoms with E-state index in [1.54, 1.807) is 12.4 Å². The maximum atomic E-state index is 6.29. The summed E-state index contributed by atoms with van der Waals surface area (Å²) in [5, 5.41) is 0.401. The molecule has 7 heteroatoms. The summed E-state index contributed by atoms with van der Waals surface area (Å²) >= 11 is 6.14. The number of halogens is 1. The van der Waals surface area contributed by atoms with Crippen molar-refractivity contribution < 1.29 is 0 Å². The Kier molecular flexibility index (Phi) is 3.62. The molecule has 3 atom stereocenters. The van der Waals surface area contributed by atoms with E-state index in [-0.39, 0.29) is 5.54 Å². The monoisotopic (exact) mass is 344 g/mol. The van der Waals surface area contributed by atoms with Crippen molar-refractivity contribution in [1.29, 1.82) is 0 Å². The van der Waals surface area contributed by atoms with Gasteiger partial charge >= 0.3 is 0 Å². The average Bonchev–Trinajstić information content (AvgIpc) is 3.01. The lowest BCUT2D eigenvalue weighted by molar-refractivity contribution is 0.449. The Balaban J connectivity index is 1.57. The van der Waals surface area contributed by atoms with Crippen molar-refractivity contribution >= 4 is 23.4 Å². The third kappa shape index (κ3) is 2.70. The first-order valence-electron chi connectivity index (χ1n) is 8.20. The van der Waals surface area contributed by atoms with Gasteiger partial charge in [0.05, 0.1) is 0 Å². The number of pyridine rings is 1. The van der Waals surface area contributed by atoms with Crippen LogP contribution in [0.4, 0.5) is 11.8 Å². The molecule has 1 aliphatic heterocycles. The molecule has 0 amide bonds. The highest BCUT2D eigenvalue weighted by Gasteiger charge is 2.45. The van der Waals surface area contributed by atoms with Gasteiger partial charge in [-0.2, -0.15) is 4.98 Å². The van der Waals surface area contributed by atoms with Gasteiger partial charge in [-0.1, -0.05) is 11.6 Å². The molecule has 0 bridgehead atoms. The Bertz CT molecular complexity index is 761. The molecule has 0 unspecified atom stereocenters. The van der Waals surface area contributed by atoms with Gasteiger partial charge in [0, 0.05) is 42.1 Å². The molecule has 0 spiro atoms. The number of nitrogens with two attached hydrogens (primary N) is 2. The van der Waals surface area contributed by atoms with Gasteiger partial charge < -0.3 is 16.4 Å². The van der Waals surface area contributed by atoms with Crippen LogP contribution in [0.3, 0.4) is 0 Å². The van der Waals surface area contributed by atoms with Crippen LogP contribution in [-0.2, 0) is 0 Å². The number of fused-ring (bicyclic) bond motifs is 1. The maximum absolute atomic E-state index is 6.29. The van der Waals surface area contributed by atoms with E-state index in [9.17, 15) is 0 Å². The lowest BCUT2D eigenvalue weighted by atomic mass is 10.00. The molecule has 2 aromatic heterocycles. The summed E-state index contributed by atoms with van der Waals surface area (Å²) in [6, 6.07) is 3.69. The van der Waals surface area contributed by atoms with Crippen LogP contribution >= 0.6 is 11.6 Å². The molecule has 0 radical (unpaired) electrons. The standard InChI is InChI=1S/C17H21ClN6/c1-17(20)5-10-8-24(9-11(10)6-17)16-22-7-13(15(19)23-16)12-3-2-4-21-14(12)18/h2-4,7,10-11H,5-6,8-9,20H2,1H3,(H2,19,22,23)/t10-,11+,17+. The zero-order chi connectivity index (χ0) is 16.9. The van der Waals surface area contributed by atoms with E-state index in [4.69, 9.17) is 23.1 Å². The van der Waals surface area contributed by atoms with Crippen LogP contribution < -0.4 is 16.4 Å². The second-order valence-electron chi connectivity index (χ2n) is 7.30. The Morgan fingerprint density at radius 3 is 2.54 bits per heavy atom. The summed E-state index contributed by atoms with van der Waals surface area (Å²) in [5.41, 5.74) is 13.9. The number of nitrogens with zero attached hydrogens (tertiary/aromatic N) is 4. The van der Waals surface area contributed by atoms with E-state index >= 15 is 0 Å². The van der Waals surface area contributed by atoms with Crippen LogP contribution in [0, 0.1) is 11.8 Å². The second-order valence-corrected chi connectivity index (χ2v) is 7.66. The highest BCUT2D eigenvalue weighted by molar-refractivity contribution is 6.32. The molecule has 24 heavy (non-hydrogen) atoms. The van der Waals surface area contributed by atoms with Crippen molar-refractivity contribution in [3.05, 3.63) is 29.7 Å². The molecule has 1 aliphatic carbocycles. The molecule has 2 aliphatic rings. The fourth-order valence-electron chi connectivity index (χ4n) is 4.18. The number of hydrogen-bond acceptors (Lipinski definition) is 6. The summed E-state index contributed by atoms with van der Waals surface area (Å²) in [6.45, 7) is 4.05. The van der Waals surface area contributed by atoms with Crippen molar-refractivity contribution in [3.8, 4) is 11.1 Å². The molecule has 3 heterocycles. The summed E-state index contributed by atoms with van der Waals surface area (Å²) < 4.78 is 0. The summed E-state index contributed by atoms with van der Waals surface area (Å²) in [7, 11) is 0. The fourth-order valence-corrected chi connectivity index (χ4v) is 4.40. The molecule has 6 nitrogen and oxygen atoms in total. The fraction of sp³-hybridized carbons (Fsp3) is 0.471. The Labute approximate surface area is 146 Å². The number of hydrogen-bond donors (Lipinski definition) is 2. The van der Waals surface area contributed by atoms with Crippen LogP contribution in [0.25, 0.3) is 11.1 Å². The molecule has 4 N–H and O–H groups in total. The number of rotatable bonds is 2. The van der Waals surface area contributed by atoms with Gasteiger partial charge in [-0.05, 0) is 43.7 Å². The molecule has 1 saturated heterocycles. The van der Waals surface area contributed by atoms with Crippen molar-refractivity contribution in [2.45, 2.75) is 25.3 Å². The average molecular weight is 345 g/mol. The highest BCUT2D eigenvalue weighted by atomic mass is 35.5. The van der Waals surface area contributed by atoms with Gasteiger partial charge in [0.1, 0.15) is 11.0 Å². The number of anilines is 2. The summed E-state index contributed by atoms with van der Waals surface area (Å²) in [5.74, 6) is 2.36. The largest absolute Gasteiger partial charge is 0.383 e. The maximum Gasteiger partial charge on any atom is 0.227 e. The van der Waals surface area contributed by atoms with E-state index in [1.165, 1.54) is 0 Å². The third-order valence-electron chi connectivity index (χ3n) is 5.17. The Morgan fingerprint density at radius 2 is 1.92 bits per heavy atom. The SMILES string of the molecule is C[C@@]1(N)C[C@H]2CN(c3ncc(-c4cccnc4Cl)c(N)n3)C[C@H]2C1. The van der Waals surface area contributed by atoms with Crippen LogP contribution in [0.1, 0.15) is 19.8 Å². The minimum Gasteiger partial charge on any atom is -0.383 e. The van der Waals surface area contributed by atoms with Crippen molar-refractivity contribution in [1.82, 2.24) is 15.0 Å². The first-order chi connectivity index (χ1) is 11.4. The molecule has 0 aromatic carbocycles. The second kappa shape index (κ2) is 5.57. The predicted octanol–water partition coefficient (Wildman–Crippen LogP) is 2.34. The molecule has 126 valence electrons. The van der Waals surface area contributed by atoms with Crippen LogP contribution in [0.15, 0.2) is 24.5 Å². The van der Waals surface area contributed by atoms with Crippen molar-refractivity contribution in [2.75, 3.05) is 23.7 Å². The zero-order valence-electron chi connectivity index (χ0n) is 13.6. The van der Waals surface area contributed by atoms with Gasteiger partial charge in [0.15, 0.2) is 0 Å². The van der Waals surface area contributed by atoms with Crippen molar-refractivity contribution in [2.24, 2.45) is 17.6 Å². The minimum absolute atomic E-state index is 0.0256. The molecule has 1 saturated carbocycles. The first kappa shape index (κ1) is 15.6. The van der Waals surface area contributed by atoms with E-state index in [2.05, 4.69) is 26.8 Å². The van der Waals surface area contributed by atoms with Crippen LogP contribution in [-0.4, -0.2) is 33.6 Å². The summed E-state index contributed by atoms with van der Waals surface area (Å²) in [6.07, 6.45) is 5.51. The van der Waals surface area contributed by atoms with E-state index in [1.807, 2.05) is 12.1 Å². The molecule has 4 rings (SSSR count). The smallest absolute Gasteiger partial charge is 0.227 e. The topological polar surface area (TPSA) is 94.0 Å². The van der Waals surface area contributed by atoms with Crippen LogP contribution in [0.5, 0.6) is 0 Å².